The van der Waals surface area contributed by atoms with Gasteiger partial charge in [0.1, 0.15) is 6.04 Å². The van der Waals surface area contributed by atoms with Gasteiger partial charge < -0.3 is 15.5 Å². The molecule has 0 saturated carbocycles. The fraction of sp³-hybridized carbons (Fsp3) is 0.833. The molecule has 6 nitrogen and oxygen atoms in total. The molecule has 0 radical (unpaired) electrons. The van der Waals surface area contributed by atoms with Crippen molar-refractivity contribution >= 4 is 11.8 Å². The molecule has 3 unspecified atom stereocenters. The monoisotopic (exact) mass is 254 g/mol. The van der Waals surface area contributed by atoms with Gasteiger partial charge in [0.25, 0.3) is 0 Å². The van der Waals surface area contributed by atoms with Gasteiger partial charge in [-0.15, -0.1) is 0 Å². The molecular formula is C12H22N4O2. The molecule has 2 rings (SSSR count). The van der Waals surface area contributed by atoms with E-state index in [-0.39, 0.29) is 30.1 Å². The molecule has 3 atom stereocenters. The van der Waals surface area contributed by atoms with Crippen molar-refractivity contribution in [2.75, 3.05) is 20.1 Å². The summed E-state index contributed by atoms with van der Waals surface area (Å²) in [6, 6.07) is -0.660. The number of carbonyl (C=O) groups is 2. The Morgan fingerprint density at radius 2 is 2.28 bits per heavy atom. The zero-order valence-corrected chi connectivity index (χ0v) is 11.0. The summed E-state index contributed by atoms with van der Waals surface area (Å²) in [4.78, 5) is 26.0. The van der Waals surface area contributed by atoms with Gasteiger partial charge in [0.2, 0.25) is 11.8 Å². The Morgan fingerprint density at radius 3 is 3.00 bits per heavy atom. The molecular weight excluding hydrogens is 232 g/mol. The minimum atomic E-state index is -0.385. The van der Waals surface area contributed by atoms with Crippen LogP contribution in [0.15, 0.2) is 0 Å². The van der Waals surface area contributed by atoms with Gasteiger partial charge in [-0.2, -0.15) is 0 Å². The van der Waals surface area contributed by atoms with Gasteiger partial charge in [0, 0.05) is 6.54 Å². The standard InChI is InChI=1S/C12H22N4O2/c1-8(13-2)11(17)15-9-5-6-14-10-4-3-7-16(10)12(9)18/h8-10,13-14H,3-7H2,1-2H3,(H,15,17). The Morgan fingerprint density at radius 1 is 1.50 bits per heavy atom. The first-order valence-electron chi connectivity index (χ1n) is 6.65. The maximum absolute atomic E-state index is 12.3. The third-order valence-electron chi connectivity index (χ3n) is 3.79. The number of likely N-dealkylation sites (N-methyl/N-ethyl adjacent to an activating group) is 1. The lowest BCUT2D eigenvalue weighted by molar-refractivity contribution is -0.137. The summed E-state index contributed by atoms with van der Waals surface area (Å²) in [5, 5.41) is 9.08. The summed E-state index contributed by atoms with van der Waals surface area (Å²) < 4.78 is 0. The number of rotatable bonds is 3. The number of carbonyl (C=O) groups excluding carboxylic acids is 2. The molecule has 0 spiro atoms. The topological polar surface area (TPSA) is 73.5 Å². The maximum Gasteiger partial charge on any atom is 0.246 e. The fourth-order valence-corrected chi connectivity index (χ4v) is 2.52. The Kier molecular flexibility index (Phi) is 4.19. The van der Waals surface area contributed by atoms with Crippen LogP contribution >= 0.6 is 0 Å². The number of nitrogens with one attached hydrogen (secondary N) is 3. The second kappa shape index (κ2) is 5.67. The van der Waals surface area contributed by atoms with Crippen LogP contribution in [0.3, 0.4) is 0 Å². The average molecular weight is 254 g/mol. The Hall–Kier alpha value is -1.14. The Labute approximate surface area is 107 Å². The van der Waals surface area contributed by atoms with E-state index in [2.05, 4.69) is 16.0 Å². The predicted molar refractivity (Wildman–Crippen MR) is 67.8 cm³/mol. The van der Waals surface area contributed by atoms with Crippen LogP contribution < -0.4 is 16.0 Å². The molecule has 3 N–H and O–H groups in total. The van der Waals surface area contributed by atoms with Gasteiger partial charge in [-0.1, -0.05) is 0 Å². The average Bonchev–Trinajstić information content (AvgIpc) is 2.78. The van der Waals surface area contributed by atoms with Crippen LogP contribution in [0.5, 0.6) is 0 Å². The highest BCUT2D eigenvalue weighted by atomic mass is 16.2. The number of hydrogen-bond donors (Lipinski definition) is 3. The summed E-state index contributed by atoms with van der Waals surface area (Å²) in [5.41, 5.74) is 0. The largest absolute Gasteiger partial charge is 0.343 e. The number of amides is 2. The number of hydrogen-bond acceptors (Lipinski definition) is 4. The van der Waals surface area contributed by atoms with Gasteiger partial charge in [0.05, 0.1) is 12.2 Å². The van der Waals surface area contributed by atoms with Crippen molar-refractivity contribution in [3.63, 3.8) is 0 Å². The fourth-order valence-electron chi connectivity index (χ4n) is 2.52. The quantitative estimate of drug-likeness (QED) is 0.605. The summed E-state index contributed by atoms with van der Waals surface area (Å²) in [6.45, 7) is 3.35. The van der Waals surface area contributed by atoms with Gasteiger partial charge in [-0.3, -0.25) is 14.9 Å². The number of fused-ring (bicyclic) bond motifs is 1. The van der Waals surface area contributed by atoms with Crippen molar-refractivity contribution in [1.29, 1.82) is 0 Å². The summed E-state index contributed by atoms with van der Waals surface area (Å²) in [6.07, 6.45) is 2.88. The molecule has 0 aliphatic carbocycles. The first-order chi connectivity index (χ1) is 8.63. The zero-order valence-electron chi connectivity index (χ0n) is 11.0. The van der Waals surface area contributed by atoms with Crippen LogP contribution in [0.2, 0.25) is 0 Å². The van der Waals surface area contributed by atoms with Crippen LogP contribution in [-0.4, -0.2) is 55.1 Å². The van der Waals surface area contributed by atoms with E-state index in [1.54, 1.807) is 14.0 Å². The number of nitrogens with zero attached hydrogens (tertiary/aromatic N) is 1. The van der Waals surface area contributed by atoms with Crippen molar-refractivity contribution in [2.45, 2.75) is 44.4 Å². The van der Waals surface area contributed by atoms with E-state index in [1.807, 2.05) is 4.90 Å². The molecule has 6 heteroatoms. The summed E-state index contributed by atoms with van der Waals surface area (Å²) >= 11 is 0. The van der Waals surface area contributed by atoms with Crippen molar-refractivity contribution in [2.24, 2.45) is 0 Å². The first-order valence-corrected chi connectivity index (χ1v) is 6.65. The molecule has 2 aliphatic rings. The minimum absolute atomic E-state index is 0.0548. The van der Waals surface area contributed by atoms with Crippen molar-refractivity contribution in [3.05, 3.63) is 0 Å². The molecule has 18 heavy (non-hydrogen) atoms. The minimum Gasteiger partial charge on any atom is -0.343 e. The molecule has 2 amide bonds. The zero-order chi connectivity index (χ0) is 13.1. The van der Waals surface area contributed by atoms with Crippen LogP contribution in [0.25, 0.3) is 0 Å². The smallest absolute Gasteiger partial charge is 0.246 e. The highest BCUT2D eigenvalue weighted by molar-refractivity contribution is 5.90. The Bertz CT molecular complexity index is 334. The van der Waals surface area contributed by atoms with Crippen molar-refractivity contribution in [3.8, 4) is 0 Å². The van der Waals surface area contributed by atoms with E-state index in [0.29, 0.717) is 6.42 Å². The second-order valence-electron chi connectivity index (χ2n) is 5.00. The second-order valence-corrected chi connectivity index (χ2v) is 5.00. The van der Waals surface area contributed by atoms with Gasteiger partial charge >= 0.3 is 0 Å². The molecule has 2 heterocycles. The van der Waals surface area contributed by atoms with E-state index >= 15 is 0 Å². The molecule has 2 fully saturated rings. The molecule has 0 aromatic rings. The lowest BCUT2D eigenvalue weighted by Crippen LogP contribution is -2.52. The van der Waals surface area contributed by atoms with Crippen molar-refractivity contribution < 1.29 is 9.59 Å². The lowest BCUT2D eigenvalue weighted by atomic mass is 10.1. The van der Waals surface area contributed by atoms with E-state index in [4.69, 9.17) is 0 Å². The van der Waals surface area contributed by atoms with E-state index in [9.17, 15) is 9.59 Å². The van der Waals surface area contributed by atoms with Crippen LogP contribution in [0.4, 0.5) is 0 Å². The first kappa shape index (κ1) is 13.3. The third kappa shape index (κ3) is 2.64. The Balaban J connectivity index is 1.99. The highest BCUT2D eigenvalue weighted by Crippen LogP contribution is 2.19. The molecule has 0 aromatic carbocycles. The SMILES string of the molecule is CNC(C)C(=O)NC1CCNC2CCCN2C1=O. The van der Waals surface area contributed by atoms with Crippen LogP contribution in [0, 0.1) is 0 Å². The molecule has 102 valence electrons. The van der Waals surface area contributed by atoms with Gasteiger partial charge in [-0.05, 0) is 39.8 Å². The summed E-state index contributed by atoms with van der Waals surface area (Å²) in [5.74, 6) is -0.0624. The molecule has 2 saturated heterocycles. The third-order valence-corrected chi connectivity index (χ3v) is 3.79. The lowest BCUT2D eigenvalue weighted by Gasteiger charge is -2.25. The van der Waals surface area contributed by atoms with Gasteiger partial charge in [-0.25, -0.2) is 0 Å². The maximum atomic E-state index is 12.3. The van der Waals surface area contributed by atoms with Gasteiger partial charge in [0.15, 0.2) is 0 Å². The van der Waals surface area contributed by atoms with E-state index in [1.165, 1.54) is 0 Å². The molecule has 2 aliphatic heterocycles. The van der Waals surface area contributed by atoms with Crippen molar-refractivity contribution in [1.82, 2.24) is 20.9 Å². The summed E-state index contributed by atoms with van der Waals surface area (Å²) in [7, 11) is 1.73. The molecule has 0 bridgehead atoms. The van der Waals surface area contributed by atoms with E-state index < -0.39 is 0 Å². The normalized spacial score (nSPS) is 29.7. The predicted octanol–water partition coefficient (Wildman–Crippen LogP) is -0.979. The van der Waals surface area contributed by atoms with Crippen LogP contribution in [0.1, 0.15) is 26.2 Å². The molecule has 0 aromatic heterocycles. The van der Waals surface area contributed by atoms with E-state index in [0.717, 1.165) is 25.9 Å². The highest BCUT2D eigenvalue weighted by Gasteiger charge is 2.36. The van der Waals surface area contributed by atoms with Crippen LogP contribution in [-0.2, 0) is 9.59 Å².